The first-order chi connectivity index (χ1) is 16.8. The third-order valence-electron chi connectivity index (χ3n) is 6.36. The van der Waals surface area contributed by atoms with Crippen LogP contribution in [0.1, 0.15) is 35.5 Å². The minimum Gasteiger partial charge on any atom is -0.396 e. The van der Waals surface area contributed by atoms with Gasteiger partial charge in [0.1, 0.15) is 11.5 Å². The van der Waals surface area contributed by atoms with E-state index in [-0.39, 0.29) is 51.4 Å². The van der Waals surface area contributed by atoms with Crippen LogP contribution in [0, 0.1) is 5.41 Å². The summed E-state index contributed by atoms with van der Waals surface area (Å²) in [6.07, 6.45) is 3.41. The first-order valence-electron chi connectivity index (χ1n) is 11.6. The molecule has 1 amide bonds. The molecule has 1 aliphatic heterocycles. The van der Waals surface area contributed by atoms with E-state index in [2.05, 4.69) is 10.3 Å². The van der Waals surface area contributed by atoms with Crippen molar-refractivity contribution in [1.82, 2.24) is 14.5 Å². The van der Waals surface area contributed by atoms with Gasteiger partial charge in [0, 0.05) is 49.2 Å². The number of aliphatic hydroxyl groups is 3. The lowest BCUT2D eigenvalue weighted by atomic mass is 9.89. The van der Waals surface area contributed by atoms with Crippen molar-refractivity contribution in [1.29, 1.82) is 0 Å². The number of nitrogens with one attached hydrogen (secondary N) is 1. The van der Waals surface area contributed by atoms with Crippen molar-refractivity contribution in [2.45, 2.75) is 39.6 Å². The van der Waals surface area contributed by atoms with E-state index in [1.165, 1.54) is 0 Å². The average Bonchev–Trinajstić information content (AvgIpc) is 3.22. The summed E-state index contributed by atoms with van der Waals surface area (Å²) in [5.41, 5.74) is 2.53. The van der Waals surface area contributed by atoms with Crippen molar-refractivity contribution in [3.05, 3.63) is 70.6 Å². The SMILES string of the molecule is CC(C)Nc1cc(-c2cc3n(c2)CC(CO)(CO)CN(Cc2ccccc2CO)C3=O)c(Cl)cn1. The molecule has 0 radical (unpaired) electrons. The van der Waals surface area contributed by atoms with Gasteiger partial charge in [-0.2, -0.15) is 0 Å². The Morgan fingerprint density at radius 1 is 1.11 bits per heavy atom. The van der Waals surface area contributed by atoms with Gasteiger partial charge in [0.15, 0.2) is 0 Å². The molecule has 3 heterocycles. The summed E-state index contributed by atoms with van der Waals surface area (Å²) >= 11 is 6.48. The molecule has 4 rings (SSSR count). The Hall–Kier alpha value is -2.91. The van der Waals surface area contributed by atoms with Crippen LogP contribution in [0.2, 0.25) is 5.02 Å². The second-order valence-electron chi connectivity index (χ2n) is 9.49. The molecule has 0 spiro atoms. The summed E-state index contributed by atoms with van der Waals surface area (Å²) in [5.74, 6) is 0.452. The molecule has 1 aliphatic rings. The van der Waals surface area contributed by atoms with Gasteiger partial charge in [0.05, 0.1) is 30.3 Å². The normalized spacial score (nSPS) is 15.3. The maximum atomic E-state index is 13.7. The van der Waals surface area contributed by atoms with Crippen LogP contribution in [-0.2, 0) is 19.7 Å². The fourth-order valence-electron chi connectivity index (χ4n) is 4.50. The van der Waals surface area contributed by atoms with Crippen molar-refractivity contribution in [3.63, 3.8) is 0 Å². The number of aromatic nitrogens is 2. The second kappa shape index (κ2) is 10.4. The maximum Gasteiger partial charge on any atom is 0.270 e. The van der Waals surface area contributed by atoms with Gasteiger partial charge in [-0.1, -0.05) is 35.9 Å². The monoisotopic (exact) mass is 498 g/mol. The number of amides is 1. The van der Waals surface area contributed by atoms with Crippen molar-refractivity contribution in [3.8, 4) is 11.1 Å². The van der Waals surface area contributed by atoms with Gasteiger partial charge in [-0.05, 0) is 37.1 Å². The molecular formula is C26H31ClN4O4. The topological polar surface area (TPSA) is 111 Å². The molecule has 0 aliphatic carbocycles. The van der Waals surface area contributed by atoms with Crippen molar-refractivity contribution >= 4 is 23.3 Å². The zero-order chi connectivity index (χ0) is 25.2. The number of anilines is 1. The molecule has 9 heteroatoms. The molecule has 1 aromatic carbocycles. The lowest BCUT2D eigenvalue weighted by Crippen LogP contribution is -2.44. The molecule has 2 aromatic heterocycles. The van der Waals surface area contributed by atoms with Gasteiger partial charge in [0.2, 0.25) is 0 Å². The number of nitrogens with zero attached hydrogens (tertiary/aromatic N) is 3. The van der Waals surface area contributed by atoms with E-state index in [0.717, 1.165) is 22.3 Å². The van der Waals surface area contributed by atoms with Crippen molar-refractivity contribution < 1.29 is 20.1 Å². The summed E-state index contributed by atoms with van der Waals surface area (Å²) in [6.45, 7) is 3.99. The Bertz CT molecular complexity index is 1210. The number of rotatable bonds is 8. The fourth-order valence-corrected chi connectivity index (χ4v) is 4.71. The number of benzene rings is 1. The quantitative estimate of drug-likeness (QED) is 0.380. The van der Waals surface area contributed by atoms with E-state index < -0.39 is 5.41 Å². The number of pyridine rings is 1. The highest BCUT2D eigenvalue weighted by Gasteiger charge is 2.39. The van der Waals surface area contributed by atoms with Gasteiger partial charge in [-0.25, -0.2) is 4.98 Å². The van der Waals surface area contributed by atoms with Crippen molar-refractivity contribution in [2.24, 2.45) is 5.41 Å². The summed E-state index contributed by atoms with van der Waals surface area (Å²) in [7, 11) is 0. The minimum absolute atomic E-state index is 0.142. The van der Waals surface area contributed by atoms with E-state index in [4.69, 9.17) is 11.6 Å². The molecule has 4 N–H and O–H groups in total. The highest BCUT2D eigenvalue weighted by molar-refractivity contribution is 6.33. The lowest BCUT2D eigenvalue weighted by molar-refractivity contribution is 0.0143. The first kappa shape index (κ1) is 25.2. The zero-order valence-electron chi connectivity index (χ0n) is 19.9. The number of hydrogen-bond acceptors (Lipinski definition) is 6. The molecule has 0 fully saturated rings. The Morgan fingerprint density at radius 2 is 1.83 bits per heavy atom. The highest BCUT2D eigenvalue weighted by atomic mass is 35.5. The molecule has 3 aromatic rings. The van der Waals surface area contributed by atoms with E-state index in [1.807, 2.05) is 50.4 Å². The van der Waals surface area contributed by atoms with E-state index in [9.17, 15) is 20.1 Å². The Morgan fingerprint density at radius 3 is 2.49 bits per heavy atom. The molecule has 0 saturated carbocycles. The molecule has 0 atom stereocenters. The van der Waals surface area contributed by atoms with Gasteiger partial charge in [-0.15, -0.1) is 0 Å². The van der Waals surface area contributed by atoms with Gasteiger partial charge in [-0.3, -0.25) is 4.79 Å². The number of aliphatic hydroxyl groups excluding tert-OH is 3. The van der Waals surface area contributed by atoms with Crippen molar-refractivity contribution in [2.75, 3.05) is 25.1 Å². The molecule has 0 bridgehead atoms. The van der Waals surface area contributed by atoms with Crippen LogP contribution in [0.25, 0.3) is 11.1 Å². The zero-order valence-corrected chi connectivity index (χ0v) is 20.7. The third-order valence-corrected chi connectivity index (χ3v) is 6.66. The molecule has 8 nitrogen and oxygen atoms in total. The van der Waals surface area contributed by atoms with E-state index >= 15 is 0 Å². The fraction of sp³-hybridized carbons (Fsp3) is 0.385. The third kappa shape index (κ3) is 5.21. The second-order valence-corrected chi connectivity index (χ2v) is 9.90. The highest BCUT2D eigenvalue weighted by Crippen LogP contribution is 2.35. The van der Waals surface area contributed by atoms with Crippen LogP contribution < -0.4 is 5.32 Å². The Kier molecular flexibility index (Phi) is 7.47. The first-order valence-corrected chi connectivity index (χ1v) is 12.0. The number of halogens is 1. The molecular weight excluding hydrogens is 468 g/mol. The number of hydrogen-bond donors (Lipinski definition) is 4. The summed E-state index contributed by atoms with van der Waals surface area (Å²) in [5, 5.41) is 34.0. The van der Waals surface area contributed by atoms with Crippen LogP contribution in [0.5, 0.6) is 0 Å². The average molecular weight is 499 g/mol. The largest absolute Gasteiger partial charge is 0.396 e. The van der Waals surface area contributed by atoms with E-state index in [1.54, 1.807) is 21.7 Å². The van der Waals surface area contributed by atoms with Crippen LogP contribution in [0.3, 0.4) is 0 Å². The molecule has 0 unspecified atom stereocenters. The summed E-state index contributed by atoms with van der Waals surface area (Å²) in [6, 6.07) is 11.2. The Labute approximate surface area is 209 Å². The van der Waals surface area contributed by atoms with Crippen LogP contribution in [0.4, 0.5) is 5.82 Å². The minimum atomic E-state index is -0.933. The van der Waals surface area contributed by atoms with Crippen LogP contribution in [-0.4, -0.2) is 61.5 Å². The van der Waals surface area contributed by atoms with Gasteiger partial charge < -0.3 is 30.1 Å². The smallest absolute Gasteiger partial charge is 0.270 e. The molecule has 35 heavy (non-hydrogen) atoms. The van der Waals surface area contributed by atoms with Gasteiger partial charge >= 0.3 is 0 Å². The van der Waals surface area contributed by atoms with Gasteiger partial charge in [0.25, 0.3) is 5.91 Å². The van der Waals surface area contributed by atoms with Crippen LogP contribution in [0.15, 0.2) is 48.8 Å². The predicted octanol–water partition coefficient (Wildman–Crippen LogP) is 3.14. The summed E-state index contributed by atoms with van der Waals surface area (Å²) in [4.78, 5) is 19.7. The predicted molar refractivity (Wildman–Crippen MR) is 135 cm³/mol. The molecule has 0 saturated heterocycles. The lowest BCUT2D eigenvalue weighted by Gasteiger charge is -2.33. The molecule has 186 valence electrons. The Balaban J connectivity index is 1.76. The standard InChI is InChI=1S/C26H31ClN4O4/c1-17(2)29-24-8-21(22(27)9-28-24)20-7-23-25(35)31(10-18-5-3-4-6-19(18)12-32)14-26(15-33,16-34)13-30(23)11-20/h3-9,11,17,32-34H,10,12-16H2,1-2H3,(H,28,29). The number of carbonyl (C=O) groups is 1. The summed E-state index contributed by atoms with van der Waals surface area (Å²) < 4.78 is 1.79. The number of carbonyl (C=O) groups excluding carboxylic acids is 1. The van der Waals surface area contributed by atoms with E-state index in [0.29, 0.717) is 16.5 Å². The van der Waals surface area contributed by atoms with Crippen LogP contribution >= 0.6 is 11.6 Å². The number of fused-ring (bicyclic) bond motifs is 1. The maximum absolute atomic E-state index is 13.7.